The molecule has 2 rings (SSSR count). The minimum absolute atomic E-state index is 0.397. The van der Waals surface area contributed by atoms with Crippen LogP contribution in [0.15, 0.2) is 29.4 Å². The van der Waals surface area contributed by atoms with Crippen molar-refractivity contribution < 1.29 is 9.47 Å². The minimum atomic E-state index is 0.397. The van der Waals surface area contributed by atoms with Crippen LogP contribution in [0.2, 0.25) is 0 Å². The maximum absolute atomic E-state index is 10.4. The molecule has 0 atom stereocenters. The van der Waals surface area contributed by atoms with Gasteiger partial charge in [-0.2, -0.15) is 0 Å². The molecule has 0 aliphatic carbocycles. The summed E-state index contributed by atoms with van der Waals surface area (Å²) < 4.78 is 10.8. The molecule has 0 radical (unpaired) electrons. The number of benzene rings is 1. The first-order valence-corrected chi connectivity index (χ1v) is 5.75. The van der Waals surface area contributed by atoms with E-state index >= 15 is 0 Å². The van der Waals surface area contributed by atoms with Gasteiger partial charge in [0, 0.05) is 25.7 Å². The quantitative estimate of drug-likeness (QED) is 0.731. The Labute approximate surface area is 100 Å². The molecule has 1 aromatic carbocycles. The van der Waals surface area contributed by atoms with Crippen LogP contribution >= 0.6 is 0 Å². The van der Waals surface area contributed by atoms with Crippen LogP contribution in [0.4, 0.5) is 5.69 Å². The average Bonchev–Trinajstić information content (AvgIpc) is 2.40. The monoisotopic (exact) mass is 236 g/mol. The van der Waals surface area contributed by atoms with E-state index in [2.05, 4.69) is 10.1 Å². The van der Waals surface area contributed by atoms with Crippen molar-refractivity contribution in [2.24, 2.45) is 5.18 Å². The fourth-order valence-corrected chi connectivity index (χ4v) is 1.75. The van der Waals surface area contributed by atoms with E-state index in [-0.39, 0.29) is 0 Å². The molecule has 0 amide bonds. The Bertz CT molecular complexity index is 365. The van der Waals surface area contributed by atoms with E-state index in [9.17, 15) is 4.91 Å². The third kappa shape index (κ3) is 3.80. The summed E-state index contributed by atoms with van der Waals surface area (Å²) in [6.07, 6.45) is 0. The first kappa shape index (κ1) is 12.0. The Hall–Kier alpha value is -1.46. The zero-order chi connectivity index (χ0) is 11.9. The Kier molecular flexibility index (Phi) is 4.46. The van der Waals surface area contributed by atoms with Crippen LogP contribution in [0.25, 0.3) is 0 Å². The van der Waals surface area contributed by atoms with Crippen molar-refractivity contribution in [1.82, 2.24) is 4.90 Å². The minimum Gasteiger partial charge on any atom is -0.492 e. The number of hydrogen-bond acceptors (Lipinski definition) is 5. The van der Waals surface area contributed by atoms with Crippen molar-refractivity contribution in [2.75, 3.05) is 39.5 Å². The van der Waals surface area contributed by atoms with E-state index in [1.54, 1.807) is 18.2 Å². The summed E-state index contributed by atoms with van der Waals surface area (Å²) in [5.74, 6) is 0.690. The lowest BCUT2D eigenvalue weighted by atomic mass is 10.3. The van der Waals surface area contributed by atoms with Crippen molar-refractivity contribution in [1.29, 1.82) is 0 Å². The SMILES string of the molecule is O=Nc1cccc(OCCN2CCOCC2)c1. The van der Waals surface area contributed by atoms with E-state index < -0.39 is 0 Å². The van der Waals surface area contributed by atoms with Gasteiger partial charge in [0.15, 0.2) is 0 Å². The second kappa shape index (κ2) is 6.32. The highest BCUT2D eigenvalue weighted by Crippen LogP contribution is 2.19. The first-order valence-electron chi connectivity index (χ1n) is 5.75. The highest BCUT2D eigenvalue weighted by molar-refractivity contribution is 5.42. The van der Waals surface area contributed by atoms with Gasteiger partial charge in [-0.3, -0.25) is 4.90 Å². The summed E-state index contributed by atoms with van der Waals surface area (Å²) in [6, 6.07) is 6.89. The van der Waals surface area contributed by atoms with Gasteiger partial charge in [0.25, 0.3) is 0 Å². The molecule has 92 valence electrons. The molecule has 0 spiro atoms. The van der Waals surface area contributed by atoms with Crippen molar-refractivity contribution in [3.63, 3.8) is 0 Å². The van der Waals surface area contributed by atoms with E-state index in [0.29, 0.717) is 18.0 Å². The molecular weight excluding hydrogens is 220 g/mol. The van der Waals surface area contributed by atoms with E-state index in [4.69, 9.17) is 9.47 Å². The molecule has 0 saturated carbocycles. The number of hydrogen-bond donors (Lipinski definition) is 0. The van der Waals surface area contributed by atoms with E-state index in [1.165, 1.54) is 0 Å². The fraction of sp³-hybridized carbons (Fsp3) is 0.500. The molecular formula is C12H16N2O3. The molecule has 5 heteroatoms. The van der Waals surface area contributed by atoms with Crippen LogP contribution in [0.1, 0.15) is 0 Å². The Morgan fingerprint density at radius 1 is 1.35 bits per heavy atom. The molecule has 1 fully saturated rings. The van der Waals surface area contributed by atoms with Crippen LogP contribution in [0.3, 0.4) is 0 Å². The highest BCUT2D eigenvalue weighted by atomic mass is 16.5. The average molecular weight is 236 g/mol. The maximum Gasteiger partial charge on any atom is 0.121 e. The van der Waals surface area contributed by atoms with Gasteiger partial charge in [0.05, 0.1) is 13.2 Å². The number of nitrogens with zero attached hydrogens (tertiary/aromatic N) is 2. The highest BCUT2D eigenvalue weighted by Gasteiger charge is 2.09. The fourth-order valence-electron chi connectivity index (χ4n) is 1.75. The molecule has 5 nitrogen and oxygen atoms in total. The molecule has 0 unspecified atom stereocenters. The summed E-state index contributed by atoms with van der Waals surface area (Å²) in [6.45, 7) is 5.00. The summed E-state index contributed by atoms with van der Waals surface area (Å²) in [7, 11) is 0. The molecule has 0 bridgehead atoms. The van der Waals surface area contributed by atoms with Crippen molar-refractivity contribution in [3.8, 4) is 5.75 Å². The molecule has 0 aromatic heterocycles. The van der Waals surface area contributed by atoms with Crippen LogP contribution in [-0.4, -0.2) is 44.4 Å². The molecule has 17 heavy (non-hydrogen) atoms. The van der Waals surface area contributed by atoms with Crippen molar-refractivity contribution >= 4 is 5.69 Å². The van der Waals surface area contributed by atoms with Gasteiger partial charge in [-0.05, 0) is 17.3 Å². The summed E-state index contributed by atoms with van der Waals surface area (Å²) >= 11 is 0. The summed E-state index contributed by atoms with van der Waals surface area (Å²) in [4.78, 5) is 12.6. The largest absolute Gasteiger partial charge is 0.492 e. The van der Waals surface area contributed by atoms with Crippen molar-refractivity contribution in [2.45, 2.75) is 0 Å². The maximum atomic E-state index is 10.4. The Balaban J connectivity index is 1.75. The number of morpholine rings is 1. The predicted octanol–water partition coefficient (Wildman–Crippen LogP) is 1.80. The normalized spacial score (nSPS) is 16.7. The van der Waals surface area contributed by atoms with E-state index in [1.807, 2.05) is 6.07 Å². The molecule has 1 saturated heterocycles. The standard InChI is InChI=1S/C12H16N2O3/c15-13-11-2-1-3-12(10-11)17-9-6-14-4-7-16-8-5-14/h1-3,10H,4-9H2. The van der Waals surface area contributed by atoms with Crippen LogP contribution in [-0.2, 0) is 4.74 Å². The molecule has 1 heterocycles. The lowest BCUT2D eigenvalue weighted by Gasteiger charge is -2.26. The second-order valence-corrected chi connectivity index (χ2v) is 3.89. The van der Waals surface area contributed by atoms with Crippen molar-refractivity contribution in [3.05, 3.63) is 29.2 Å². The van der Waals surface area contributed by atoms with Crippen LogP contribution in [0.5, 0.6) is 5.75 Å². The second-order valence-electron chi connectivity index (χ2n) is 3.89. The number of ether oxygens (including phenoxy) is 2. The van der Waals surface area contributed by atoms with Crippen LogP contribution in [0, 0.1) is 4.91 Å². The summed E-state index contributed by atoms with van der Waals surface area (Å²) in [5.41, 5.74) is 0.397. The third-order valence-electron chi connectivity index (χ3n) is 2.70. The molecule has 1 aliphatic heterocycles. The topological polar surface area (TPSA) is 51.1 Å². The third-order valence-corrected chi connectivity index (χ3v) is 2.70. The van der Waals surface area contributed by atoms with Crippen LogP contribution < -0.4 is 4.74 Å². The summed E-state index contributed by atoms with van der Waals surface area (Å²) in [5, 5.41) is 2.87. The number of rotatable bonds is 5. The van der Waals surface area contributed by atoms with Gasteiger partial charge >= 0.3 is 0 Å². The Morgan fingerprint density at radius 3 is 2.94 bits per heavy atom. The smallest absolute Gasteiger partial charge is 0.121 e. The molecule has 1 aliphatic rings. The van der Waals surface area contributed by atoms with Gasteiger partial charge < -0.3 is 9.47 Å². The molecule has 1 aromatic rings. The zero-order valence-corrected chi connectivity index (χ0v) is 9.67. The lowest BCUT2D eigenvalue weighted by molar-refractivity contribution is 0.0322. The van der Waals surface area contributed by atoms with Gasteiger partial charge in [-0.25, -0.2) is 0 Å². The van der Waals surface area contributed by atoms with Gasteiger partial charge in [-0.1, -0.05) is 6.07 Å². The predicted molar refractivity (Wildman–Crippen MR) is 64.7 cm³/mol. The van der Waals surface area contributed by atoms with Gasteiger partial charge in [0.1, 0.15) is 18.0 Å². The van der Waals surface area contributed by atoms with Gasteiger partial charge in [0.2, 0.25) is 0 Å². The Morgan fingerprint density at radius 2 is 2.18 bits per heavy atom. The zero-order valence-electron chi connectivity index (χ0n) is 9.67. The number of nitroso groups, excluding NO2 is 1. The molecule has 0 N–H and O–H groups in total. The first-order chi connectivity index (χ1) is 8.38. The van der Waals surface area contributed by atoms with Gasteiger partial charge in [-0.15, -0.1) is 4.91 Å². The van der Waals surface area contributed by atoms with E-state index in [0.717, 1.165) is 32.8 Å². The lowest BCUT2D eigenvalue weighted by Crippen LogP contribution is -2.38.